The predicted octanol–water partition coefficient (Wildman–Crippen LogP) is 1.37. The Morgan fingerprint density at radius 1 is 1.38 bits per heavy atom. The number of carbonyl (C=O) groups is 1. The van der Waals surface area contributed by atoms with Gasteiger partial charge >= 0.3 is 0 Å². The Bertz CT molecular complexity index is 484. The SMILES string of the molecule is CCOc1cc(C(=O)N2CCCN(CC3CC3)CC2)[nH]n1. The summed E-state index contributed by atoms with van der Waals surface area (Å²) < 4.78 is 5.30. The van der Waals surface area contributed by atoms with E-state index in [4.69, 9.17) is 4.74 Å². The number of H-pyrrole nitrogens is 1. The number of hydrogen-bond acceptors (Lipinski definition) is 4. The summed E-state index contributed by atoms with van der Waals surface area (Å²) in [4.78, 5) is 16.9. The Kier molecular flexibility index (Phi) is 4.43. The van der Waals surface area contributed by atoms with Crippen LogP contribution in [0.1, 0.15) is 36.7 Å². The number of ether oxygens (including phenoxy) is 1. The number of hydrogen-bond donors (Lipinski definition) is 1. The van der Waals surface area contributed by atoms with Crippen LogP contribution in [0.15, 0.2) is 6.07 Å². The second kappa shape index (κ2) is 6.47. The van der Waals surface area contributed by atoms with E-state index in [9.17, 15) is 4.79 Å². The lowest BCUT2D eigenvalue weighted by molar-refractivity contribution is 0.0755. The molecule has 6 heteroatoms. The molecule has 1 aromatic rings. The summed E-state index contributed by atoms with van der Waals surface area (Å²) in [6.45, 7) is 7.37. The number of aromatic amines is 1. The Morgan fingerprint density at radius 2 is 2.24 bits per heavy atom. The standard InChI is InChI=1S/C15H24N4O2/c1-2-21-14-10-13(16-17-14)15(20)19-7-3-6-18(8-9-19)11-12-4-5-12/h10,12H,2-9,11H2,1H3,(H,16,17). The first-order valence-electron chi connectivity index (χ1n) is 7.96. The maximum Gasteiger partial charge on any atom is 0.272 e. The molecule has 1 saturated carbocycles. The fraction of sp³-hybridized carbons (Fsp3) is 0.733. The zero-order chi connectivity index (χ0) is 14.7. The Balaban J connectivity index is 1.55. The fourth-order valence-electron chi connectivity index (χ4n) is 2.83. The van der Waals surface area contributed by atoms with E-state index in [-0.39, 0.29) is 5.91 Å². The minimum atomic E-state index is 0.0294. The zero-order valence-electron chi connectivity index (χ0n) is 12.7. The number of amides is 1. The summed E-state index contributed by atoms with van der Waals surface area (Å²) in [5.74, 6) is 1.43. The lowest BCUT2D eigenvalue weighted by Crippen LogP contribution is -2.35. The van der Waals surface area contributed by atoms with Gasteiger partial charge in [0.1, 0.15) is 5.69 Å². The van der Waals surface area contributed by atoms with Gasteiger partial charge in [-0.2, -0.15) is 0 Å². The highest BCUT2D eigenvalue weighted by atomic mass is 16.5. The molecule has 0 spiro atoms. The highest BCUT2D eigenvalue weighted by molar-refractivity contribution is 5.92. The van der Waals surface area contributed by atoms with Gasteiger partial charge in [0.25, 0.3) is 5.91 Å². The van der Waals surface area contributed by atoms with Crippen LogP contribution in [0.25, 0.3) is 0 Å². The molecule has 1 saturated heterocycles. The van der Waals surface area contributed by atoms with Gasteiger partial charge < -0.3 is 14.5 Å². The van der Waals surface area contributed by atoms with E-state index in [0.717, 1.165) is 38.5 Å². The van der Waals surface area contributed by atoms with Gasteiger partial charge in [-0.05, 0) is 38.6 Å². The van der Waals surface area contributed by atoms with Crippen LogP contribution in [-0.4, -0.2) is 65.2 Å². The summed E-state index contributed by atoms with van der Waals surface area (Å²) in [6.07, 6.45) is 3.81. The fourth-order valence-corrected chi connectivity index (χ4v) is 2.83. The molecule has 0 aromatic carbocycles. The van der Waals surface area contributed by atoms with E-state index in [1.165, 1.54) is 19.4 Å². The van der Waals surface area contributed by atoms with Crippen molar-refractivity contribution in [1.29, 1.82) is 0 Å². The van der Waals surface area contributed by atoms with Gasteiger partial charge in [-0.3, -0.25) is 9.89 Å². The van der Waals surface area contributed by atoms with E-state index in [0.29, 0.717) is 18.2 Å². The molecular formula is C15H24N4O2. The van der Waals surface area contributed by atoms with Crippen molar-refractivity contribution < 1.29 is 9.53 Å². The molecule has 1 N–H and O–H groups in total. The largest absolute Gasteiger partial charge is 0.477 e. The van der Waals surface area contributed by atoms with Crippen LogP contribution in [0.4, 0.5) is 0 Å². The molecule has 1 aliphatic heterocycles. The first kappa shape index (κ1) is 14.4. The van der Waals surface area contributed by atoms with Crippen molar-refractivity contribution in [3.05, 3.63) is 11.8 Å². The lowest BCUT2D eigenvalue weighted by atomic mass is 10.3. The molecule has 21 heavy (non-hydrogen) atoms. The van der Waals surface area contributed by atoms with E-state index < -0.39 is 0 Å². The van der Waals surface area contributed by atoms with Crippen molar-refractivity contribution >= 4 is 5.91 Å². The maximum atomic E-state index is 12.5. The summed E-state index contributed by atoms with van der Waals surface area (Å²) in [7, 11) is 0. The minimum absolute atomic E-state index is 0.0294. The maximum absolute atomic E-state index is 12.5. The van der Waals surface area contributed by atoms with Crippen molar-refractivity contribution in [2.24, 2.45) is 5.92 Å². The molecule has 6 nitrogen and oxygen atoms in total. The number of aromatic nitrogens is 2. The van der Waals surface area contributed by atoms with Crippen LogP contribution < -0.4 is 4.74 Å². The number of nitrogens with zero attached hydrogens (tertiary/aromatic N) is 3. The van der Waals surface area contributed by atoms with Gasteiger partial charge in [0.2, 0.25) is 5.88 Å². The van der Waals surface area contributed by atoms with Crippen molar-refractivity contribution in [2.75, 3.05) is 39.3 Å². The van der Waals surface area contributed by atoms with Gasteiger partial charge in [0.05, 0.1) is 6.61 Å². The smallest absolute Gasteiger partial charge is 0.272 e. The normalized spacial score (nSPS) is 20.3. The average molecular weight is 292 g/mol. The van der Waals surface area contributed by atoms with Gasteiger partial charge in [0.15, 0.2) is 0 Å². The van der Waals surface area contributed by atoms with Crippen LogP contribution in [0.5, 0.6) is 5.88 Å². The van der Waals surface area contributed by atoms with E-state index in [2.05, 4.69) is 15.1 Å². The van der Waals surface area contributed by atoms with Crippen molar-refractivity contribution in [3.8, 4) is 5.88 Å². The van der Waals surface area contributed by atoms with Gasteiger partial charge in [0, 0.05) is 32.2 Å². The third-order valence-electron chi connectivity index (χ3n) is 4.17. The molecule has 116 valence electrons. The van der Waals surface area contributed by atoms with Crippen molar-refractivity contribution in [3.63, 3.8) is 0 Å². The first-order chi connectivity index (χ1) is 10.3. The summed E-state index contributed by atoms with van der Waals surface area (Å²) in [6, 6.07) is 1.69. The van der Waals surface area contributed by atoms with E-state index in [1.54, 1.807) is 6.07 Å². The molecule has 0 radical (unpaired) electrons. The van der Waals surface area contributed by atoms with Crippen LogP contribution in [0.2, 0.25) is 0 Å². The molecule has 3 rings (SSSR count). The zero-order valence-corrected chi connectivity index (χ0v) is 12.7. The topological polar surface area (TPSA) is 61.5 Å². The summed E-state index contributed by atoms with van der Waals surface area (Å²) in [5.41, 5.74) is 0.522. The predicted molar refractivity (Wildman–Crippen MR) is 79.4 cm³/mol. The molecule has 2 fully saturated rings. The van der Waals surface area contributed by atoms with Crippen LogP contribution in [-0.2, 0) is 0 Å². The highest BCUT2D eigenvalue weighted by Crippen LogP contribution is 2.30. The Hall–Kier alpha value is -1.56. The lowest BCUT2D eigenvalue weighted by Gasteiger charge is -2.21. The monoisotopic (exact) mass is 292 g/mol. The van der Waals surface area contributed by atoms with Gasteiger partial charge in [-0.15, -0.1) is 5.10 Å². The Morgan fingerprint density at radius 3 is 3.00 bits per heavy atom. The highest BCUT2D eigenvalue weighted by Gasteiger charge is 2.27. The number of nitrogens with one attached hydrogen (secondary N) is 1. The summed E-state index contributed by atoms with van der Waals surface area (Å²) in [5, 5.41) is 6.78. The van der Waals surface area contributed by atoms with Crippen LogP contribution >= 0.6 is 0 Å². The molecule has 1 aromatic heterocycles. The molecule has 1 amide bonds. The van der Waals surface area contributed by atoms with Crippen molar-refractivity contribution in [1.82, 2.24) is 20.0 Å². The second-order valence-corrected chi connectivity index (χ2v) is 5.94. The first-order valence-corrected chi connectivity index (χ1v) is 7.96. The van der Waals surface area contributed by atoms with E-state index >= 15 is 0 Å². The molecule has 1 aliphatic carbocycles. The molecule has 2 aliphatic rings. The van der Waals surface area contributed by atoms with Crippen LogP contribution in [0.3, 0.4) is 0 Å². The van der Waals surface area contributed by atoms with Crippen molar-refractivity contribution in [2.45, 2.75) is 26.2 Å². The van der Waals surface area contributed by atoms with E-state index in [1.807, 2.05) is 11.8 Å². The summed E-state index contributed by atoms with van der Waals surface area (Å²) >= 11 is 0. The number of rotatable bonds is 5. The quantitative estimate of drug-likeness (QED) is 0.890. The third kappa shape index (κ3) is 3.75. The molecule has 0 unspecified atom stereocenters. The molecular weight excluding hydrogens is 268 g/mol. The number of carbonyl (C=O) groups excluding carboxylic acids is 1. The average Bonchev–Trinajstić information content (AvgIpc) is 3.23. The Labute approximate surface area is 125 Å². The van der Waals surface area contributed by atoms with Gasteiger partial charge in [-0.1, -0.05) is 0 Å². The van der Waals surface area contributed by atoms with Gasteiger partial charge in [-0.25, -0.2) is 0 Å². The molecule has 0 atom stereocenters. The van der Waals surface area contributed by atoms with Crippen LogP contribution in [0, 0.1) is 5.92 Å². The molecule has 0 bridgehead atoms. The molecule has 2 heterocycles. The second-order valence-electron chi connectivity index (χ2n) is 5.94. The minimum Gasteiger partial charge on any atom is -0.477 e. The third-order valence-corrected chi connectivity index (χ3v) is 4.17.